The standard InChI is InChI=1S/C19H12Cl2N2O/c1-12-7-8-14-15(20)11-16(21)19(18(14)23-12)24-17(9-10-22)13-5-3-2-4-6-13/h2-9,11H,1H3. The molecule has 0 bridgehead atoms. The maximum atomic E-state index is 9.07. The SMILES string of the molecule is Cc1ccc2c(Cl)cc(Cl)c(OC(=CC#N)c3ccccc3)c2n1. The van der Waals surface area contributed by atoms with Crippen LogP contribution >= 0.6 is 23.2 Å². The van der Waals surface area contributed by atoms with Crippen molar-refractivity contribution in [2.45, 2.75) is 6.92 Å². The number of nitriles is 1. The van der Waals surface area contributed by atoms with Crippen molar-refractivity contribution in [2.24, 2.45) is 0 Å². The van der Waals surface area contributed by atoms with Crippen molar-refractivity contribution in [1.29, 1.82) is 5.26 Å². The average Bonchev–Trinajstić information content (AvgIpc) is 2.58. The molecule has 5 heteroatoms. The zero-order chi connectivity index (χ0) is 17.1. The Bertz CT molecular complexity index is 976. The van der Waals surface area contributed by atoms with Crippen LogP contribution in [0, 0.1) is 18.3 Å². The van der Waals surface area contributed by atoms with Gasteiger partial charge in [0.25, 0.3) is 0 Å². The molecule has 0 saturated carbocycles. The third-order valence-corrected chi connectivity index (χ3v) is 4.04. The summed E-state index contributed by atoms with van der Waals surface area (Å²) in [6.45, 7) is 1.88. The highest BCUT2D eigenvalue weighted by molar-refractivity contribution is 6.39. The minimum absolute atomic E-state index is 0.338. The molecule has 0 aliphatic rings. The minimum Gasteiger partial charge on any atom is -0.452 e. The minimum atomic E-state index is 0.338. The van der Waals surface area contributed by atoms with Crippen LogP contribution in [0.5, 0.6) is 5.75 Å². The maximum absolute atomic E-state index is 9.07. The molecule has 0 atom stereocenters. The first kappa shape index (κ1) is 16.3. The highest BCUT2D eigenvalue weighted by atomic mass is 35.5. The Kier molecular flexibility index (Phi) is 4.71. The molecule has 0 saturated heterocycles. The normalized spacial score (nSPS) is 11.3. The number of halogens is 2. The summed E-state index contributed by atoms with van der Waals surface area (Å²) in [5.41, 5.74) is 2.15. The fourth-order valence-electron chi connectivity index (χ4n) is 2.33. The fraction of sp³-hybridized carbons (Fsp3) is 0.0526. The van der Waals surface area contributed by atoms with Crippen molar-refractivity contribution in [1.82, 2.24) is 4.98 Å². The van der Waals surface area contributed by atoms with E-state index in [2.05, 4.69) is 4.98 Å². The Morgan fingerprint density at radius 2 is 1.88 bits per heavy atom. The van der Waals surface area contributed by atoms with Crippen LogP contribution < -0.4 is 4.74 Å². The Labute approximate surface area is 149 Å². The molecule has 0 unspecified atom stereocenters. The second kappa shape index (κ2) is 6.92. The Morgan fingerprint density at radius 1 is 1.12 bits per heavy atom. The van der Waals surface area contributed by atoms with Crippen molar-refractivity contribution in [2.75, 3.05) is 0 Å². The summed E-state index contributed by atoms with van der Waals surface area (Å²) in [6.07, 6.45) is 1.34. The second-order valence-electron chi connectivity index (χ2n) is 5.12. The first-order valence-corrected chi connectivity index (χ1v) is 7.94. The van der Waals surface area contributed by atoms with E-state index in [0.717, 1.165) is 16.6 Å². The lowest BCUT2D eigenvalue weighted by molar-refractivity contribution is 0.520. The Hall–Kier alpha value is -2.54. The van der Waals surface area contributed by atoms with Gasteiger partial charge in [0.15, 0.2) is 5.75 Å². The molecular formula is C19H12Cl2N2O. The number of benzene rings is 2. The summed E-state index contributed by atoms with van der Waals surface area (Å²) in [5, 5.41) is 10.7. The molecule has 3 rings (SSSR count). The van der Waals surface area contributed by atoms with Gasteiger partial charge in [-0.3, -0.25) is 0 Å². The van der Waals surface area contributed by atoms with Gasteiger partial charge in [-0.15, -0.1) is 0 Å². The number of aromatic nitrogens is 1. The van der Waals surface area contributed by atoms with Crippen molar-refractivity contribution < 1.29 is 4.74 Å². The van der Waals surface area contributed by atoms with Crippen LogP contribution in [0.3, 0.4) is 0 Å². The summed E-state index contributed by atoms with van der Waals surface area (Å²) < 4.78 is 5.98. The molecule has 0 N–H and O–H groups in total. The Balaban J connectivity index is 2.17. The zero-order valence-corrected chi connectivity index (χ0v) is 14.3. The Morgan fingerprint density at radius 3 is 2.58 bits per heavy atom. The summed E-state index contributed by atoms with van der Waals surface area (Å²) in [7, 11) is 0. The highest BCUT2D eigenvalue weighted by Gasteiger charge is 2.16. The zero-order valence-electron chi connectivity index (χ0n) is 12.8. The van der Waals surface area contributed by atoms with Crippen LogP contribution in [0.4, 0.5) is 0 Å². The monoisotopic (exact) mass is 354 g/mol. The van der Waals surface area contributed by atoms with E-state index >= 15 is 0 Å². The van der Waals surface area contributed by atoms with Crippen molar-refractivity contribution >= 4 is 39.9 Å². The quantitative estimate of drug-likeness (QED) is 0.441. The number of rotatable bonds is 3. The van der Waals surface area contributed by atoms with Crippen LogP contribution in [0.2, 0.25) is 10.0 Å². The fourth-order valence-corrected chi connectivity index (χ4v) is 2.88. The summed E-state index contributed by atoms with van der Waals surface area (Å²) in [6, 6.07) is 16.7. The maximum Gasteiger partial charge on any atom is 0.172 e. The second-order valence-corrected chi connectivity index (χ2v) is 5.94. The topological polar surface area (TPSA) is 45.9 Å². The molecule has 3 aromatic rings. The number of hydrogen-bond donors (Lipinski definition) is 0. The van der Waals surface area contributed by atoms with Crippen molar-refractivity contribution in [3.63, 3.8) is 0 Å². The lowest BCUT2D eigenvalue weighted by atomic mass is 10.1. The number of hydrogen-bond acceptors (Lipinski definition) is 3. The molecule has 118 valence electrons. The van der Waals surface area contributed by atoms with E-state index in [-0.39, 0.29) is 0 Å². The van der Waals surface area contributed by atoms with E-state index in [0.29, 0.717) is 27.1 Å². The van der Waals surface area contributed by atoms with E-state index in [9.17, 15) is 0 Å². The molecule has 0 amide bonds. The predicted molar refractivity (Wildman–Crippen MR) is 97.2 cm³/mol. The van der Waals surface area contributed by atoms with Gasteiger partial charge in [-0.2, -0.15) is 5.26 Å². The average molecular weight is 355 g/mol. The van der Waals surface area contributed by atoms with Gasteiger partial charge in [-0.05, 0) is 25.1 Å². The van der Waals surface area contributed by atoms with Crippen LogP contribution in [0.1, 0.15) is 11.3 Å². The largest absolute Gasteiger partial charge is 0.452 e. The highest BCUT2D eigenvalue weighted by Crippen LogP contribution is 2.39. The molecule has 2 aromatic carbocycles. The summed E-state index contributed by atoms with van der Waals surface area (Å²) >= 11 is 12.6. The predicted octanol–water partition coefficient (Wildman–Crippen LogP) is 5.79. The third-order valence-electron chi connectivity index (χ3n) is 3.44. The van der Waals surface area contributed by atoms with Gasteiger partial charge >= 0.3 is 0 Å². The number of pyridine rings is 1. The van der Waals surface area contributed by atoms with Gasteiger partial charge in [0, 0.05) is 16.6 Å². The van der Waals surface area contributed by atoms with Crippen LogP contribution in [0.15, 0.2) is 54.6 Å². The molecule has 3 nitrogen and oxygen atoms in total. The number of nitrogens with zero attached hydrogens (tertiary/aromatic N) is 2. The summed E-state index contributed by atoms with van der Waals surface area (Å²) in [5.74, 6) is 0.775. The number of allylic oxidation sites excluding steroid dienone is 1. The first-order valence-electron chi connectivity index (χ1n) is 7.18. The molecular weight excluding hydrogens is 343 g/mol. The first-order chi connectivity index (χ1) is 11.6. The summed E-state index contributed by atoms with van der Waals surface area (Å²) in [4.78, 5) is 4.50. The molecule has 0 fully saturated rings. The van der Waals surface area contributed by atoms with E-state index in [1.165, 1.54) is 6.08 Å². The van der Waals surface area contributed by atoms with Crippen molar-refractivity contribution in [3.8, 4) is 11.8 Å². The number of ether oxygens (including phenoxy) is 1. The van der Waals surface area contributed by atoms with Crippen LogP contribution in [0.25, 0.3) is 16.7 Å². The molecule has 24 heavy (non-hydrogen) atoms. The van der Waals surface area contributed by atoms with Gasteiger partial charge < -0.3 is 4.74 Å². The van der Waals surface area contributed by atoms with E-state index in [1.54, 1.807) is 6.07 Å². The van der Waals surface area contributed by atoms with Crippen LogP contribution in [-0.4, -0.2) is 4.98 Å². The van der Waals surface area contributed by atoms with E-state index in [4.69, 9.17) is 33.2 Å². The van der Waals surface area contributed by atoms with Crippen molar-refractivity contribution in [3.05, 3.63) is 75.9 Å². The molecule has 1 heterocycles. The lowest BCUT2D eigenvalue weighted by Gasteiger charge is -2.14. The molecule has 0 aliphatic heterocycles. The van der Waals surface area contributed by atoms with Gasteiger partial charge in [0.1, 0.15) is 11.3 Å². The van der Waals surface area contributed by atoms with Gasteiger partial charge in [-0.1, -0.05) is 53.5 Å². The molecule has 0 radical (unpaired) electrons. The van der Waals surface area contributed by atoms with Gasteiger partial charge in [0.2, 0.25) is 0 Å². The molecule has 0 aliphatic carbocycles. The van der Waals surface area contributed by atoms with E-state index < -0.39 is 0 Å². The van der Waals surface area contributed by atoms with Gasteiger partial charge in [0.05, 0.1) is 22.2 Å². The number of aryl methyl sites for hydroxylation is 1. The molecule has 1 aromatic heterocycles. The third kappa shape index (κ3) is 3.21. The number of fused-ring (bicyclic) bond motifs is 1. The smallest absolute Gasteiger partial charge is 0.172 e. The lowest BCUT2D eigenvalue weighted by Crippen LogP contribution is -1.98. The van der Waals surface area contributed by atoms with Gasteiger partial charge in [-0.25, -0.2) is 4.98 Å². The molecule has 0 spiro atoms. The van der Waals surface area contributed by atoms with Crippen LogP contribution in [-0.2, 0) is 0 Å². The van der Waals surface area contributed by atoms with E-state index in [1.807, 2.05) is 55.5 Å².